The Bertz CT molecular complexity index is 833. The largest absolute Gasteiger partial charge is 0.366 e. The molecule has 2 rings (SSSR count). The SMILES string of the molecule is CC(NS(=O)(=O)c1ccccc1)C(=O)Nc1ccc(C(N)=O)cc1. The monoisotopic (exact) mass is 347 g/mol. The van der Waals surface area contributed by atoms with Crippen molar-refractivity contribution in [2.75, 3.05) is 5.32 Å². The van der Waals surface area contributed by atoms with Gasteiger partial charge in [-0.1, -0.05) is 18.2 Å². The van der Waals surface area contributed by atoms with Crippen LogP contribution in [0.1, 0.15) is 17.3 Å². The molecule has 0 fully saturated rings. The van der Waals surface area contributed by atoms with Crippen LogP contribution in [0.2, 0.25) is 0 Å². The molecule has 0 spiro atoms. The molecule has 0 saturated carbocycles. The van der Waals surface area contributed by atoms with Gasteiger partial charge in [0.1, 0.15) is 0 Å². The van der Waals surface area contributed by atoms with Gasteiger partial charge in [0.2, 0.25) is 21.8 Å². The number of sulfonamides is 1. The van der Waals surface area contributed by atoms with Crippen molar-refractivity contribution in [3.63, 3.8) is 0 Å². The van der Waals surface area contributed by atoms with E-state index in [0.29, 0.717) is 11.3 Å². The molecule has 1 atom stereocenters. The number of hydrogen-bond acceptors (Lipinski definition) is 4. The van der Waals surface area contributed by atoms with Crippen molar-refractivity contribution in [2.24, 2.45) is 5.73 Å². The van der Waals surface area contributed by atoms with E-state index in [2.05, 4.69) is 10.0 Å². The molecule has 0 aliphatic rings. The molecule has 4 N–H and O–H groups in total. The Morgan fingerprint density at radius 2 is 1.58 bits per heavy atom. The van der Waals surface area contributed by atoms with E-state index in [0.717, 1.165) is 0 Å². The molecule has 0 aromatic heterocycles. The highest BCUT2D eigenvalue weighted by Crippen LogP contribution is 2.11. The Labute approximate surface area is 139 Å². The van der Waals surface area contributed by atoms with Crippen LogP contribution in [0.15, 0.2) is 59.5 Å². The number of anilines is 1. The molecular weight excluding hydrogens is 330 g/mol. The Morgan fingerprint density at radius 3 is 2.12 bits per heavy atom. The molecule has 0 heterocycles. The fraction of sp³-hybridized carbons (Fsp3) is 0.125. The highest BCUT2D eigenvalue weighted by molar-refractivity contribution is 7.89. The van der Waals surface area contributed by atoms with Crippen molar-refractivity contribution in [3.05, 3.63) is 60.2 Å². The predicted octanol–water partition coefficient (Wildman–Crippen LogP) is 1.09. The Kier molecular flexibility index (Phi) is 5.32. The summed E-state index contributed by atoms with van der Waals surface area (Å²) in [5.74, 6) is -1.10. The van der Waals surface area contributed by atoms with E-state index in [1.54, 1.807) is 18.2 Å². The molecular formula is C16H17N3O4S. The van der Waals surface area contributed by atoms with Gasteiger partial charge in [0.05, 0.1) is 10.9 Å². The molecule has 0 aliphatic carbocycles. The molecule has 2 aromatic carbocycles. The van der Waals surface area contributed by atoms with Gasteiger partial charge in [0.15, 0.2) is 0 Å². The fourth-order valence-electron chi connectivity index (χ4n) is 1.92. The molecule has 7 nitrogen and oxygen atoms in total. The third-order valence-electron chi connectivity index (χ3n) is 3.22. The average molecular weight is 347 g/mol. The van der Waals surface area contributed by atoms with Crippen LogP contribution < -0.4 is 15.8 Å². The number of carbonyl (C=O) groups excluding carboxylic acids is 2. The van der Waals surface area contributed by atoms with Gasteiger partial charge in [0, 0.05) is 11.3 Å². The third kappa shape index (κ3) is 4.40. The predicted molar refractivity (Wildman–Crippen MR) is 89.8 cm³/mol. The summed E-state index contributed by atoms with van der Waals surface area (Å²) in [6.07, 6.45) is 0. The van der Waals surface area contributed by atoms with Crippen LogP contribution >= 0.6 is 0 Å². The molecule has 8 heteroatoms. The van der Waals surface area contributed by atoms with Gasteiger partial charge in [-0.25, -0.2) is 8.42 Å². The summed E-state index contributed by atoms with van der Waals surface area (Å²) in [6, 6.07) is 12.8. The molecule has 0 saturated heterocycles. The minimum atomic E-state index is -3.79. The van der Waals surface area contributed by atoms with Crippen molar-refractivity contribution in [1.82, 2.24) is 4.72 Å². The van der Waals surface area contributed by atoms with Gasteiger partial charge in [-0.3, -0.25) is 9.59 Å². The molecule has 2 aromatic rings. The van der Waals surface area contributed by atoms with Crippen LogP contribution in [0.25, 0.3) is 0 Å². The second kappa shape index (κ2) is 7.24. The maximum Gasteiger partial charge on any atom is 0.248 e. The lowest BCUT2D eigenvalue weighted by Crippen LogP contribution is -2.41. The highest BCUT2D eigenvalue weighted by atomic mass is 32.2. The Morgan fingerprint density at radius 1 is 1.00 bits per heavy atom. The zero-order valence-electron chi connectivity index (χ0n) is 12.9. The van der Waals surface area contributed by atoms with E-state index in [4.69, 9.17) is 5.73 Å². The van der Waals surface area contributed by atoms with Crippen LogP contribution in [0, 0.1) is 0 Å². The Balaban J connectivity index is 2.03. The maximum atomic E-state index is 12.2. The molecule has 1 unspecified atom stereocenters. The number of primary amides is 1. The maximum absolute atomic E-state index is 12.2. The lowest BCUT2D eigenvalue weighted by molar-refractivity contribution is -0.117. The third-order valence-corrected chi connectivity index (χ3v) is 4.77. The summed E-state index contributed by atoms with van der Waals surface area (Å²) >= 11 is 0. The van der Waals surface area contributed by atoms with Gasteiger partial charge in [-0.05, 0) is 43.3 Å². The van der Waals surface area contributed by atoms with Gasteiger partial charge < -0.3 is 11.1 Å². The average Bonchev–Trinajstić information content (AvgIpc) is 2.55. The van der Waals surface area contributed by atoms with Crippen LogP contribution in [-0.4, -0.2) is 26.3 Å². The second-order valence-corrected chi connectivity index (χ2v) is 6.80. The van der Waals surface area contributed by atoms with Gasteiger partial charge in [0.25, 0.3) is 0 Å². The van der Waals surface area contributed by atoms with E-state index >= 15 is 0 Å². The van der Waals surface area contributed by atoms with Gasteiger partial charge >= 0.3 is 0 Å². The number of amides is 2. The Hall–Kier alpha value is -2.71. The number of nitrogens with two attached hydrogens (primary N) is 1. The first-order valence-corrected chi connectivity index (χ1v) is 8.56. The highest BCUT2D eigenvalue weighted by Gasteiger charge is 2.21. The first-order chi connectivity index (χ1) is 11.3. The fourth-order valence-corrected chi connectivity index (χ4v) is 3.15. The zero-order valence-corrected chi connectivity index (χ0v) is 13.7. The molecule has 0 bridgehead atoms. The number of carbonyl (C=O) groups is 2. The lowest BCUT2D eigenvalue weighted by Gasteiger charge is -2.14. The quantitative estimate of drug-likeness (QED) is 0.725. The minimum absolute atomic E-state index is 0.0791. The van der Waals surface area contributed by atoms with E-state index in [-0.39, 0.29) is 4.90 Å². The normalized spacial score (nSPS) is 12.4. The molecule has 126 valence electrons. The summed E-state index contributed by atoms with van der Waals surface area (Å²) in [4.78, 5) is 23.2. The van der Waals surface area contributed by atoms with Crippen LogP contribution in [0.4, 0.5) is 5.69 Å². The van der Waals surface area contributed by atoms with E-state index < -0.39 is 27.9 Å². The number of benzene rings is 2. The van der Waals surface area contributed by atoms with Crippen molar-refractivity contribution in [3.8, 4) is 0 Å². The summed E-state index contributed by atoms with van der Waals surface area (Å²) in [5.41, 5.74) is 5.87. The zero-order chi connectivity index (χ0) is 17.7. The van der Waals surface area contributed by atoms with E-state index in [9.17, 15) is 18.0 Å². The van der Waals surface area contributed by atoms with Gasteiger partial charge in [-0.15, -0.1) is 0 Å². The minimum Gasteiger partial charge on any atom is -0.366 e. The van der Waals surface area contributed by atoms with Crippen molar-refractivity contribution >= 4 is 27.5 Å². The smallest absolute Gasteiger partial charge is 0.248 e. The summed E-state index contributed by atoms with van der Waals surface area (Å²) in [7, 11) is -3.79. The second-order valence-electron chi connectivity index (χ2n) is 5.09. The topological polar surface area (TPSA) is 118 Å². The van der Waals surface area contributed by atoms with Gasteiger partial charge in [-0.2, -0.15) is 4.72 Å². The summed E-state index contributed by atoms with van der Waals surface area (Å²) in [5, 5.41) is 2.56. The first-order valence-electron chi connectivity index (χ1n) is 7.08. The van der Waals surface area contributed by atoms with Crippen molar-refractivity contribution in [1.29, 1.82) is 0 Å². The van der Waals surface area contributed by atoms with Crippen LogP contribution in [-0.2, 0) is 14.8 Å². The lowest BCUT2D eigenvalue weighted by atomic mass is 10.2. The van der Waals surface area contributed by atoms with E-state index in [1.165, 1.54) is 43.3 Å². The number of nitrogens with one attached hydrogen (secondary N) is 2. The number of hydrogen-bond donors (Lipinski definition) is 3. The summed E-state index contributed by atoms with van der Waals surface area (Å²) < 4.78 is 26.7. The standard InChI is InChI=1S/C16H17N3O4S/c1-11(19-24(22,23)14-5-3-2-4-6-14)16(21)18-13-9-7-12(8-10-13)15(17)20/h2-11,19H,1H3,(H2,17,20)(H,18,21). The van der Waals surface area contributed by atoms with E-state index in [1.807, 2.05) is 0 Å². The molecule has 0 aliphatic heterocycles. The van der Waals surface area contributed by atoms with Crippen LogP contribution in [0.5, 0.6) is 0 Å². The number of rotatable bonds is 6. The molecule has 0 radical (unpaired) electrons. The van der Waals surface area contributed by atoms with Crippen LogP contribution in [0.3, 0.4) is 0 Å². The van der Waals surface area contributed by atoms with Crippen molar-refractivity contribution in [2.45, 2.75) is 17.9 Å². The van der Waals surface area contributed by atoms with Crippen molar-refractivity contribution < 1.29 is 18.0 Å². The molecule has 2 amide bonds. The molecule has 24 heavy (non-hydrogen) atoms. The first kappa shape index (κ1) is 17.6. The summed E-state index contributed by atoms with van der Waals surface area (Å²) in [6.45, 7) is 1.44.